The van der Waals surface area contributed by atoms with E-state index in [0.717, 1.165) is 17.1 Å². The van der Waals surface area contributed by atoms with E-state index in [0.29, 0.717) is 16.8 Å². The molecule has 5 heteroatoms. The maximum atomic E-state index is 12.4. The number of anilines is 1. The van der Waals surface area contributed by atoms with Crippen molar-refractivity contribution in [1.82, 2.24) is 9.78 Å². The molecule has 0 unspecified atom stereocenters. The minimum Gasteiger partial charge on any atom is -0.322 e. The number of hydrogen-bond donors (Lipinski definition) is 1. The Kier molecular flexibility index (Phi) is 4.48. The van der Waals surface area contributed by atoms with E-state index in [-0.39, 0.29) is 11.7 Å². The van der Waals surface area contributed by atoms with Gasteiger partial charge >= 0.3 is 0 Å². The summed E-state index contributed by atoms with van der Waals surface area (Å²) in [7, 11) is 0. The van der Waals surface area contributed by atoms with Crippen molar-refractivity contribution in [2.24, 2.45) is 0 Å². The van der Waals surface area contributed by atoms with E-state index < -0.39 is 0 Å². The van der Waals surface area contributed by atoms with Crippen molar-refractivity contribution >= 4 is 17.4 Å². The number of aromatic nitrogens is 2. The van der Waals surface area contributed by atoms with Crippen LogP contribution in [0.15, 0.2) is 54.6 Å². The first kappa shape index (κ1) is 16.6. The van der Waals surface area contributed by atoms with Crippen molar-refractivity contribution < 1.29 is 9.59 Å². The Morgan fingerprint density at radius 2 is 1.68 bits per heavy atom. The monoisotopic (exact) mass is 333 g/mol. The van der Waals surface area contributed by atoms with Crippen LogP contribution in [-0.4, -0.2) is 21.5 Å². The number of rotatable bonds is 4. The lowest BCUT2D eigenvalue weighted by Crippen LogP contribution is -2.12. The highest BCUT2D eigenvalue weighted by molar-refractivity contribution is 6.05. The molecule has 126 valence electrons. The number of Topliss-reactive ketones (excluding diaryl/α,β-unsaturated/α-hetero) is 1. The molecule has 2 aromatic carbocycles. The van der Waals surface area contributed by atoms with Gasteiger partial charge in [-0.25, -0.2) is 4.68 Å². The van der Waals surface area contributed by atoms with E-state index in [2.05, 4.69) is 10.4 Å². The van der Waals surface area contributed by atoms with Gasteiger partial charge in [0.05, 0.1) is 11.4 Å². The quantitative estimate of drug-likeness (QED) is 0.735. The Bertz CT molecular complexity index is 940. The van der Waals surface area contributed by atoms with Crippen molar-refractivity contribution in [3.05, 3.63) is 77.1 Å². The number of ketones is 1. The molecule has 0 saturated carbocycles. The number of benzene rings is 2. The van der Waals surface area contributed by atoms with Gasteiger partial charge < -0.3 is 5.32 Å². The molecular formula is C20H19N3O2. The molecule has 0 spiro atoms. The number of nitrogens with one attached hydrogen (secondary N) is 1. The minimum absolute atomic E-state index is 0.0367. The Morgan fingerprint density at radius 1 is 0.960 bits per heavy atom. The second kappa shape index (κ2) is 6.73. The summed E-state index contributed by atoms with van der Waals surface area (Å²) in [5, 5.41) is 7.25. The van der Waals surface area contributed by atoms with Gasteiger partial charge in [-0.1, -0.05) is 12.1 Å². The Labute approximate surface area is 146 Å². The maximum Gasteiger partial charge on any atom is 0.255 e. The molecule has 0 radical (unpaired) electrons. The molecule has 3 rings (SSSR count). The molecule has 0 aliphatic rings. The van der Waals surface area contributed by atoms with Gasteiger partial charge in [-0.3, -0.25) is 9.59 Å². The van der Waals surface area contributed by atoms with Crippen LogP contribution in [0.3, 0.4) is 0 Å². The lowest BCUT2D eigenvalue weighted by atomic mass is 10.1. The topological polar surface area (TPSA) is 64.0 Å². The van der Waals surface area contributed by atoms with Crippen LogP contribution >= 0.6 is 0 Å². The number of amides is 1. The first-order chi connectivity index (χ1) is 11.9. The molecule has 0 aliphatic carbocycles. The molecule has 0 atom stereocenters. The number of nitrogens with zero attached hydrogens (tertiary/aromatic N) is 2. The summed E-state index contributed by atoms with van der Waals surface area (Å²) < 4.78 is 1.84. The molecule has 5 nitrogen and oxygen atoms in total. The normalized spacial score (nSPS) is 10.5. The van der Waals surface area contributed by atoms with E-state index in [4.69, 9.17) is 0 Å². The summed E-state index contributed by atoms with van der Waals surface area (Å²) >= 11 is 0. The van der Waals surface area contributed by atoms with Gasteiger partial charge in [0.25, 0.3) is 5.91 Å². The lowest BCUT2D eigenvalue weighted by Gasteiger charge is -2.08. The van der Waals surface area contributed by atoms with Gasteiger partial charge in [0, 0.05) is 22.5 Å². The fraction of sp³-hybridized carbons (Fsp3) is 0.150. The molecule has 1 amide bonds. The summed E-state index contributed by atoms with van der Waals surface area (Å²) in [5.74, 6) is -0.258. The molecule has 25 heavy (non-hydrogen) atoms. The van der Waals surface area contributed by atoms with Crippen molar-refractivity contribution in [3.63, 3.8) is 0 Å². The number of carbonyl (C=O) groups is 2. The van der Waals surface area contributed by atoms with Crippen LogP contribution in [0.1, 0.15) is 39.0 Å². The largest absolute Gasteiger partial charge is 0.322 e. The Hall–Kier alpha value is -3.21. The van der Waals surface area contributed by atoms with Gasteiger partial charge in [0.15, 0.2) is 5.78 Å². The zero-order chi connectivity index (χ0) is 18.0. The molecule has 0 saturated heterocycles. The number of hydrogen-bond acceptors (Lipinski definition) is 3. The molecule has 1 aromatic heterocycles. The van der Waals surface area contributed by atoms with E-state index in [9.17, 15) is 9.59 Å². The zero-order valence-electron chi connectivity index (χ0n) is 14.4. The van der Waals surface area contributed by atoms with Crippen molar-refractivity contribution in [1.29, 1.82) is 0 Å². The average molecular weight is 333 g/mol. The maximum absolute atomic E-state index is 12.4. The zero-order valence-corrected chi connectivity index (χ0v) is 14.4. The third-order valence-corrected chi connectivity index (χ3v) is 3.91. The van der Waals surface area contributed by atoms with Crippen molar-refractivity contribution in [3.8, 4) is 5.69 Å². The third-order valence-electron chi connectivity index (χ3n) is 3.91. The average Bonchev–Trinajstić information content (AvgIpc) is 2.93. The second-order valence-corrected chi connectivity index (χ2v) is 5.98. The van der Waals surface area contributed by atoms with E-state index in [1.54, 1.807) is 36.4 Å². The van der Waals surface area contributed by atoms with Gasteiger partial charge in [-0.15, -0.1) is 0 Å². The Morgan fingerprint density at radius 3 is 2.28 bits per heavy atom. The van der Waals surface area contributed by atoms with Gasteiger partial charge in [-0.05, 0) is 63.2 Å². The SMILES string of the molecule is CC(=O)c1cccc(NC(=O)c2ccc(-n3nc(C)cc3C)cc2)c1. The van der Waals surface area contributed by atoms with Crippen molar-refractivity contribution in [2.45, 2.75) is 20.8 Å². The number of carbonyl (C=O) groups excluding carboxylic acids is 2. The van der Waals surface area contributed by atoms with E-state index in [1.807, 2.05) is 36.7 Å². The summed E-state index contributed by atoms with van der Waals surface area (Å²) in [6.45, 7) is 5.43. The van der Waals surface area contributed by atoms with Crippen LogP contribution in [0, 0.1) is 13.8 Å². The van der Waals surface area contributed by atoms with Gasteiger partial charge in [0.2, 0.25) is 0 Å². The van der Waals surface area contributed by atoms with Crippen LogP contribution < -0.4 is 5.32 Å². The van der Waals surface area contributed by atoms with E-state index in [1.165, 1.54) is 6.92 Å². The molecule has 0 fully saturated rings. The fourth-order valence-corrected chi connectivity index (χ4v) is 2.66. The minimum atomic E-state index is -0.222. The fourth-order valence-electron chi connectivity index (χ4n) is 2.66. The summed E-state index contributed by atoms with van der Waals surface area (Å²) in [6.07, 6.45) is 0. The van der Waals surface area contributed by atoms with Crippen LogP contribution in [0.4, 0.5) is 5.69 Å². The third kappa shape index (κ3) is 3.66. The van der Waals surface area contributed by atoms with Crippen LogP contribution in [0.2, 0.25) is 0 Å². The highest BCUT2D eigenvalue weighted by Crippen LogP contribution is 2.16. The van der Waals surface area contributed by atoms with Crippen LogP contribution in [0.25, 0.3) is 5.69 Å². The van der Waals surface area contributed by atoms with Crippen LogP contribution in [-0.2, 0) is 0 Å². The van der Waals surface area contributed by atoms with Crippen molar-refractivity contribution in [2.75, 3.05) is 5.32 Å². The lowest BCUT2D eigenvalue weighted by molar-refractivity contribution is 0.101. The highest BCUT2D eigenvalue weighted by atomic mass is 16.1. The molecule has 0 bridgehead atoms. The Balaban J connectivity index is 1.78. The first-order valence-electron chi connectivity index (χ1n) is 8.00. The molecule has 3 aromatic rings. The van der Waals surface area contributed by atoms with Gasteiger partial charge in [-0.2, -0.15) is 5.10 Å². The summed E-state index contributed by atoms with van der Waals surface area (Å²) in [6, 6.07) is 16.1. The second-order valence-electron chi connectivity index (χ2n) is 5.98. The highest BCUT2D eigenvalue weighted by Gasteiger charge is 2.09. The number of aryl methyl sites for hydroxylation is 2. The van der Waals surface area contributed by atoms with Gasteiger partial charge in [0.1, 0.15) is 0 Å². The van der Waals surface area contributed by atoms with E-state index >= 15 is 0 Å². The molecular weight excluding hydrogens is 314 g/mol. The molecule has 1 N–H and O–H groups in total. The smallest absolute Gasteiger partial charge is 0.255 e. The summed E-state index contributed by atoms with van der Waals surface area (Å²) in [5.41, 5.74) is 4.60. The molecule has 0 aliphatic heterocycles. The first-order valence-corrected chi connectivity index (χ1v) is 8.00. The predicted molar refractivity (Wildman–Crippen MR) is 97.4 cm³/mol. The summed E-state index contributed by atoms with van der Waals surface area (Å²) in [4.78, 5) is 23.8. The standard InChI is InChI=1S/C20H19N3O2/c1-13-11-14(2)23(22-13)19-9-7-16(8-10-19)20(25)21-18-6-4-5-17(12-18)15(3)24/h4-12H,1-3H3,(H,21,25). The molecule has 1 heterocycles. The predicted octanol–water partition coefficient (Wildman–Crippen LogP) is 3.94. The van der Waals surface area contributed by atoms with Crippen LogP contribution in [0.5, 0.6) is 0 Å².